The third-order valence-electron chi connectivity index (χ3n) is 14.1. The lowest BCUT2D eigenvalue weighted by molar-refractivity contribution is -0.263. The molecular weight excluding hydrogens is 558 g/mol. The first kappa shape index (κ1) is 33.4. The summed E-state index contributed by atoms with van der Waals surface area (Å²) < 4.78 is 18.7. The number of nitrogens with zero attached hydrogens (tertiary/aromatic N) is 1. The normalized spacial score (nSPS) is 45.4. The number of hydrogen-bond donors (Lipinski definition) is 1. The lowest BCUT2D eigenvalue weighted by atomic mass is 9.34. The first-order chi connectivity index (χ1) is 20.4. The molecule has 5 aliphatic rings. The van der Waals surface area contributed by atoms with Gasteiger partial charge in [0.05, 0.1) is 25.7 Å². The Labute approximate surface area is 264 Å². The predicted octanol–water partition coefficient (Wildman–Crippen LogP) is 5.98. The van der Waals surface area contributed by atoms with Crippen LogP contribution in [0, 0.1) is 56.7 Å². The van der Waals surface area contributed by atoms with Crippen LogP contribution in [0.15, 0.2) is 11.6 Å². The van der Waals surface area contributed by atoms with Crippen molar-refractivity contribution in [3.8, 4) is 0 Å². The molecule has 0 radical (unpaired) electrons. The minimum absolute atomic E-state index is 0.152. The van der Waals surface area contributed by atoms with E-state index in [9.17, 15) is 19.5 Å². The first-order valence-corrected chi connectivity index (χ1v) is 16.9. The number of rotatable bonds is 7. The number of carboxylic acids is 1. The molecule has 0 unspecified atom stereocenters. The largest absolute Gasteiger partial charge is 0.481 e. The summed E-state index contributed by atoms with van der Waals surface area (Å²) in [5.41, 5.74) is -0.394. The topological polar surface area (TPSA) is 102 Å². The number of carboxylic acid groups (broad SMARTS) is 1. The molecule has 4 fully saturated rings. The van der Waals surface area contributed by atoms with Gasteiger partial charge in [0.1, 0.15) is 12.2 Å². The third kappa shape index (κ3) is 4.70. The molecule has 11 atom stereocenters. The molecular formula is C36H57NO7. The number of aliphatic carboxylic acids is 1. The van der Waals surface area contributed by atoms with Crippen LogP contribution in [-0.4, -0.2) is 74.0 Å². The van der Waals surface area contributed by atoms with Gasteiger partial charge in [-0.05, 0) is 92.5 Å². The highest BCUT2D eigenvalue weighted by Gasteiger charge is 2.72. The molecule has 1 saturated heterocycles. The van der Waals surface area contributed by atoms with Crippen molar-refractivity contribution in [2.45, 2.75) is 106 Å². The van der Waals surface area contributed by atoms with Gasteiger partial charge in [-0.15, -0.1) is 0 Å². The number of ether oxygens (including phenoxy) is 3. The maximum atomic E-state index is 13.3. The van der Waals surface area contributed by atoms with Gasteiger partial charge in [-0.25, -0.2) is 0 Å². The summed E-state index contributed by atoms with van der Waals surface area (Å²) in [6.45, 7) is 18.3. The Bertz CT molecular complexity index is 1210. The highest BCUT2D eigenvalue weighted by molar-refractivity contribution is 5.73. The van der Waals surface area contributed by atoms with Crippen LogP contribution >= 0.6 is 0 Å². The maximum Gasteiger partial charge on any atom is 0.320 e. The van der Waals surface area contributed by atoms with Gasteiger partial charge >= 0.3 is 17.9 Å². The van der Waals surface area contributed by atoms with E-state index in [0.29, 0.717) is 32.0 Å². The summed E-state index contributed by atoms with van der Waals surface area (Å²) in [4.78, 5) is 40.5. The van der Waals surface area contributed by atoms with Gasteiger partial charge < -0.3 is 19.3 Å². The van der Waals surface area contributed by atoms with Crippen molar-refractivity contribution in [3.63, 3.8) is 0 Å². The van der Waals surface area contributed by atoms with Crippen LogP contribution in [0.2, 0.25) is 0 Å². The van der Waals surface area contributed by atoms with Gasteiger partial charge in [-0.3, -0.25) is 19.3 Å². The minimum atomic E-state index is -0.666. The second kappa shape index (κ2) is 11.1. The molecule has 4 aliphatic carbocycles. The molecule has 5 rings (SSSR count). The van der Waals surface area contributed by atoms with E-state index in [4.69, 9.17) is 14.2 Å². The Morgan fingerprint density at radius 1 is 1.02 bits per heavy atom. The smallest absolute Gasteiger partial charge is 0.320 e. The SMILES string of the molecule is CC(=O)O[C@@H]1C[C@@]23COC[C@@](C)([C@@H]2CC[C@H]2C3=CC[C@@]3(C)[C@H](C(=O)O)[C@@](C)([C@H](C)C(C)C)CC[C@]23C)[C@H]1OC(=O)CN(C)C. The van der Waals surface area contributed by atoms with Crippen LogP contribution in [0.5, 0.6) is 0 Å². The highest BCUT2D eigenvalue weighted by Crippen LogP contribution is 2.75. The van der Waals surface area contributed by atoms with Gasteiger partial charge in [-0.2, -0.15) is 0 Å². The fourth-order valence-corrected chi connectivity index (χ4v) is 11.5. The number of carbonyl (C=O) groups is 3. The molecule has 8 nitrogen and oxygen atoms in total. The number of allylic oxidation sites excluding steroid dienone is 1. The van der Waals surface area contributed by atoms with Gasteiger partial charge in [0, 0.05) is 17.8 Å². The fraction of sp³-hybridized carbons (Fsp3) is 0.861. The molecule has 0 aromatic heterocycles. The maximum absolute atomic E-state index is 13.3. The van der Waals surface area contributed by atoms with E-state index in [1.807, 2.05) is 14.1 Å². The Kier molecular flexibility index (Phi) is 8.44. The van der Waals surface area contributed by atoms with Crippen molar-refractivity contribution in [1.82, 2.24) is 4.90 Å². The summed E-state index contributed by atoms with van der Waals surface area (Å²) in [7, 11) is 3.67. The van der Waals surface area contributed by atoms with E-state index in [0.717, 1.165) is 25.7 Å². The Morgan fingerprint density at radius 3 is 2.30 bits per heavy atom. The average molecular weight is 616 g/mol. The van der Waals surface area contributed by atoms with Gasteiger partial charge in [0.15, 0.2) is 0 Å². The van der Waals surface area contributed by atoms with E-state index in [-0.39, 0.29) is 52.5 Å². The van der Waals surface area contributed by atoms with Crippen molar-refractivity contribution in [3.05, 3.63) is 11.6 Å². The molecule has 1 heterocycles. The summed E-state index contributed by atoms with van der Waals surface area (Å²) in [6, 6.07) is 0. The van der Waals surface area contributed by atoms with Gasteiger partial charge in [0.2, 0.25) is 0 Å². The van der Waals surface area contributed by atoms with Crippen molar-refractivity contribution in [2.75, 3.05) is 33.9 Å². The fourth-order valence-electron chi connectivity index (χ4n) is 11.5. The third-order valence-corrected chi connectivity index (χ3v) is 14.1. The molecule has 248 valence electrons. The number of hydrogen-bond acceptors (Lipinski definition) is 7. The van der Waals surface area contributed by atoms with Crippen molar-refractivity contribution in [2.24, 2.45) is 56.7 Å². The number of likely N-dealkylation sites (N-methyl/N-ethyl adjacent to an activating group) is 1. The summed E-state index contributed by atoms with van der Waals surface area (Å²) >= 11 is 0. The molecule has 0 amide bonds. The molecule has 44 heavy (non-hydrogen) atoms. The van der Waals surface area contributed by atoms with E-state index in [2.05, 4.69) is 54.5 Å². The lowest BCUT2D eigenvalue weighted by Gasteiger charge is -2.71. The highest BCUT2D eigenvalue weighted by atomic mass is 16.6. The summed E-state index contributed by atoms with van der Waals surface area (Å²) in [5, 5.41) is 10.9. The summed E-state index contributed by atoms with van der Waals surface area (Å²) in [5.74, 6) is -0.716. The Balaban J connectivity index is 1.59. The molecule has 1 aliphatic heterocycles. The first-order valence-electron chi connectivity index (χ1n) is 16.9. The Hall–Kier alpha value is -1.93. The van der Waals surface area contributed by atoms with E-state index in [1.165, 1.54) is 12.5 Å². The second-order valence-electron chi connectivity index (χ2n) is 16.8. The Morgan fingerprint density at radius 2 is 1.70 bits per heavy atom. The van der Waals surface area contributed by atoms with Crippen LogP contribution < -0.4 is 0 Å². The standard InChI is InChI=1S/C36H57NO7/c1-21(2)22(3)32(5)15-16-34(7)24-11-12-27-33(6)19-42-20-36(27,25(24)13-14-35(34,8)29(32)31(40)41)17-26(43-23(4)38)30(33)44-28(39)18-37(9)10/h13,21-22,24,26-27,29-30H,11-12,14-20H2,1-10H3,(H,40,41)/t22-,24+,26-,27+,29-,30+,32-,33+,34-,35+,36+/m1/s1. The number of fused-ring (bicyclic) bond motifs is 3. The van der Waals surface area contributed by atoms with Crippen molar-refractivity contribution >= 4 is 17.9 Å². The van der Waals surface area contributed by atoms with Gasteiger partial charge in [0.25, 0.3) is 0 Å². The molecule has 0 aromatic carbocycles. The van der Waals surface area contributed by atoms with Crippen LogP contribution in [-0.2, 0) is 28.6 Å². The molecule has 3 saturated carbocycles. The van der Waals surface area contributed by atoms with E-state index in [1.54, 1.807) is 4.90 Å². The second-order valence-corrected chi connectivity index (χ2v) is 16.8. The minimum Gasteiger partial charge on any atom is -0.481 e. The van der Waals surface area contributed by atoms with Crippen LogP contribution in [0.25, 0.3) is 0 Å². The average Bonchev–Trinajstić information content (AvgIpc) is 2.90. The zero-order chi connectivity index (χ0) is 32.6. The molecule has 0 aromatic rings. The number of esters is 2. The molecule has 1 N–H and O–H groups in total. The zero-order valence-corrected chi connectivity index (χ0v) is 28.8. The zero-order valence-electron chi connectivity index (χ0n) is 28.8. The van der Waals surface area contributed by atoms with Gasteiger partial charge in [-0.1, -0.05) is 60.1 Å². The predicted molar refractivity (Wildman–Crippen MR) is 168 cm³/mol. The van der Waals surface area contributed by atoms with E-state index < -0.39 is 34.9 Å². The molecule has 0 spiro atoms. The van der Waals surface area contributed by atoms with Crippen molar-refractivity contribution < 1.29 is 33.7 Å². The molecule has 2 bridgehead atoms. The monoisotopic (exact) mass is 615 g/mol. The quantitative estimate of drug-likeness (QED) is 0.276. The molecule has 8 heteroatoms. The lowest BCUT2D eigenvalue weighted by Crippen LogP contribution is -2.70. The van der Waals surface area contributed by atoms with Crippen LogP contribution in [0.3, 0.4) is 0 Å². The number of carbonyl (C=O) groups excluding carboxylic acids is 2. The van der Waals surface area contributed by atoms with Crippen LogP contribution in [0.4, 0.5) is 0 Å². The van der Waals surface area contributed by atoms with E-state index >= 15 is 0 Å². The summed E-state index contributed by atoms with van der Waals surface area (Å²) in [6.07, 6.45) is 6.27. The van der Waals surface area contributed by atoms with Crippen LogP contribution in [0.1, 0.15) is 93.9 Å². The van der Waals surface area contributed by atoms with Crippen molar-refractivity contribution in [1.29, 1.82) is 0 Å².